The maximum Gasteiger partial charge on any atom is 0.494 e. The first kappa shape index (κ1) is 9.32. The van der Waals surface area contributed by atoms with E-state index in [1.165, 1.54) is 0 Å². The number of fused-ring (bicyclic) bond motifs is 1. The van der Waals surface area contributed by atoms with Gasteiger partial charge in [-0.3, -0.25) is 0 Å². The first-order valence-corrected chi connectivity index (χ1v) is 9.67. The normalized spacial score (nSPS) is 24.0. The third-order valence-electron chi connectivity index (χ3n) is 5.57. The van der Waals surface area contributed by atoms with E-state index >= 15 is 0 Å². The largest absolute Gasteiger partial charge is 0.494 e. The lowest BCUT2D eigenvalue weighted by atomic mass is 9.76. The molecule has 2 nitrogen and oxygen atoms in total. The maximum absolute atomic E-state index is 9.33. The predicted molar refractivity (Wildman–Crippen MR) is 131 cm³/mol. The van der Waals surface area contributed by atoms with E-state index in [9.17, 15) is 2.74 Å². The van der Waals surface area contributed by atoms with E-state index < -0.39 is 137 Å². The Morgan fingerprint density at radius 3 is 2.00 bits per heavy atom. The van der Waals surface area contributed by atoms with Gasteiger partial charge in [0.05, 0.1) is 31.8 Å². The molecule has 0 aromatic heterocycles. The molecule has 5 rings (SSSR count). The van der Waals surface area contributed by atoms with Gasteiger partial charge in [0.2, 0.25) is 0 Å². The highest BCUT2D eigenvalue weighted by atomic mass is 16.7. The molecule has 1 aliphatic heterocycles. The predicted octanol–water partition coefficient (Wildman–Crippen LogP) is 6.47. The van der Waals surface area contributed by atoms with Crippen molar-refractivity contribution in [3.63, 3.8) is 0 Å². The second-order valence-electron chi connectivity index (χ2n) is 8.13. The Morgan fingerprint density at radius 2 is 1.26 bits per heavy atom. The highest BCUT2D eigenvalue weighted by molar-refractivity contribution is 6.62. The Hall–Kier alpha value is -2.88. The molecule has 1 heterocycles. The summed E-state index contributed by atoms with van der Waals surface area (Å²) in [5, 5.41) is -0.779. The molecule has 154 valence electrons. The molecule has 4 aromatic carbocycles. The van der Waals surface area contributed by atoms with Crippen LogP contribution in [0.3, 0.4) is 0 Å². The number of benzene rings is 4. The van der Waals surface area contributed by atoms with Crippen molar-refractivity contribution in [1.29, 1.82) is 0 Å². The maximum atomic E-state index is 9.33. The van der Waals surface area contributed by atoms with Crippen LogP contribution in [-0.2, 0) is 9.31 Å². The second-order valence-corrected chi connectivity index (χ2v) is 8.13. The Bertz CT molecular complexity index is 1980. The molecule has 0 atom stereocenters. The van der Waals surface area contributed by atoms with Crippen LogP contribution < -0.4 is 5.46 Å². The van der Waals surface area contributed by atoms with Crippen molar-refractivity contribution >= 4 is 23.4 Å². The molecule has 0 amide bonds. The number of rotatable bonds is 3. The van der Waals surface area contributed by atoms with Crippen LogP contribution in [0.4, 0.5) is 0 Å². The third kappa shape index (κ3) is 3.58. The van der Waals surface area contributed by atoms with Gasteiger partial charge in [-0.1, -0.05) is 84.6 Å². The standard InChI is InChI=1S/C28H27BO2/c1-27(2)28(3,4)31-29(30-27)24-18-23-13-8-9-16-25(23)26(19-24)22-15-10-14-21(17-22)20-11-6-5-7-12-20/h5-19H,1-4H3/i5D,6D,7D,8D,9D,10D,11D,12D,13D,14D,15D,16D,17D,18D,19D. The average Bonchev–Trinajstić information content (AvgIpc) is 3.19. The Labute approximate surface area is 206 Å². The van der Waals surface area contributed by atoms with Gasteiger partial charge in [-0.2, -0.15) is 0 Å². The van der Waals surface area contributed by atoms with Gasteiger partial charge in [0.15, 0.2) is 0 Å². The summed E-state index contributed by atoms with van der Waals surface area (Å²) in [5.41, 5.74) is -4.40. The van der Waals surface area contributed by atoms with Gasteiger partial charge >= 0.3 is 7.12 Å². The van der Waals surface area contributed by atoms with Crippen LogP contribution >= 0.6 is 0 Å². The summed E-state index contributed by atoms with van der Waals surface area (Å²) in [6.07, 6.45) is 0. The molecule has 0 aliphatic carbocycles. The van der Waals surface area contributed by atoms with E-state index in [4.69, 9.17) is 27.1 Å². The van der Waals surface area contributed by atoms with Gasteiger partial charge in [-0.15, -0.1) is 0 Å². The first-order chi connectivity index (χ1) is 21.1. The second kappa shape index (κ2) is 7.37. The van der Waals surface area contributed by atoms with E-state index in [1.807, 2.05) is 0 Å². The number of hydrogen-bond donors (Lipinski definition) is 0. The van der Waals surface area contributed by atoms with E-state index in [0.29, 0.717) is 0 Å². The Morgan fingerprint density at radius 1 is 0.645 bits per heavy atom. The van der Waals surface area contributed by atoms with Crippen molar-refractivity contribution in [2.24, 2.45) is 0 Å². The van der Waals surface area contributed by atoms with Gasteiger partial charge in [0, 0.05) is 0 Å². The SMILES string of the molecule is [2H]c1c([2H])c([2H])c(-c2c([2H])c([2H])c([2H])c(-c3c([2H])c(B4OC(C)(C)C(C)(C)O4)c([2H])c4c([2H])c([2H])c([2H])c([2H])c34)c2[2H])c([2H])c1[2H]. The van der Waals surface area contributed by atoms with Gasteiger partial charge < -0.3 is 9.31 Å². The summed E-state index contributed by atoms with van der Waals surface area (Å²) in [6.45, 7) is 6.90. The van der Waals surface area contributed by atoms with Crippen LogP contribution in [0.1, 0.15) is 48.3 Å². The quantitative estimate of drug-likeness (QED) is 0.353. The monoisotopic (exact) mass is 421 g/mol. The van der Waals surface area contributed by atoms with Gasteiger partial charge in [-0.25, -0.2) is 0 Å². The lowest BCUT2D eigenvalue weighted by Gasteiger charge is -2.32. The molecule has 0 N–H and O–H groups in total. The van der Waals surface area contributed by atoms with Gasteiger partial charge in [0.25, 0.3) is 0 Å². The highest BCUT2D eigenvalue weighted by Crippen LogP contribution is 2.38. The molecule has 0 bridgehead atoms. The van der Waals surface area contributed by atoms with Crippen LogP contribution in [0, 0.1) is 0 Å². The highest BCUT2D eigenvalue weighted by Gasteiger charge is 2.51. The first-order valence-electron chi connectivity index (χ1n) is 17.2. The zero-order valence-electron chi connectivity index (χ0n) is 32.4. The summed E-state index contributed by atoms with van der Waals surface area (Å²) < 4.78 is 141. The molecule has 1 fully saturated rings. The van der Waals surface area contributed by atoms with Crippen LogP contribution in [0.2, 0.25) is 0 Å². The molecular formula is C28H27BO2. The van der Waals surface area contributed by atoms with Crippen molar-refractivity contribution in [2.45, 2.75) is 38.9 Å². The average molecular weight is 421 g/mol. The molecule has 0 spiro atoms. The molecule has 3 heteroatoms. The van der Waals surface area contributed by atoms with Crippen LogP contribution in [0.25, 0.3) is 33.0 Å². The van der Waals surface area contributed by atoms with Crippen molar-refractivity contribution in [2.75, 3.05) is 0 Å². The summed E-state index contributed by atoms with van der Waals surface area (Å²) in [5.74, 6) is 0. The van der Waals surface area contributed by atoms with Gasteiger partial charge in [-0.05, 0) is 72.2 Å². The topological polar surface area (TPSA) is 18.5 Å². The number of hydrogen-bond acceptors (Lipinski definition) is 2. The molecular weight excluding hydrogens is 379 g/mol. The van der Waals surface area contributed by atoms with Gasteiger partial charge in [0.1, 0.15) is 0 Å². The van der Waals surface area contributed by atoms with E-state index in [0.717, 1.165) is 0 Å². The fraction of sp³-hybridized carbons (Fsp3) is 0.214. The van der Waals surface area contributed by atoms with Crippen molar-refractivity contribution in [1.82, 2.24) is 0 Å². The summed E-state index contributed by atoms with van der Waals surface area (Å²) in [7, 11) is -1.40. The minimum absolute atomic E-state index is 0.268. The van der Waals surface area contributed by atoms with Crippen molar-refractivity contribution in [3.05, 3.63) is 90.6 Å². The smallest absolute Gasteiger partial charge is 0.399 e. The van der Waals surface area contributed by atoms with Crippen LogP contribution in [0.5, 0.6) is 0 Å². The van der Waals surface area contributed by atoms with E-state index in [1.54, 1.807) is 27.7 Å². The molecule has 4 aromatic rings. The van der Waals surface area contributed by atoms with E-state index in [-0.39, 0.29) is 10.8 Å². The zero-order valence-corrected chi connectivity index (χ0v) is 17.4. The minimum Gasteiger partial charge on any atom is -0.399 e. The molecule has 1 saturated heterocycles. The summed E-state index contributed by atoms with van der Waals surface area (Å²) >= 11 is 0. The van der Waals surface area contributed by atoms with Crippen LogP contribution in [-0.4, -0.2) is 18.3 Å². The molecule has 0 unspecified atom stereocenters. The summed E-state index contributed by atoms with van der Waals surface area (Å²) in [6, 6.07) is -10.9. The summed E-state index contributed by atoms with van der Waals surface area (Å²) in [4.78, 5) is 0. The molecule has 31 heavy (non-hydrogen) atoms. The van der Waals surface area contributed by atoms with E-state index in [2.05, 4.69) is 0 Å². The Kier molecular flexibility index (Phi) is 2.21. The minimum atomic E-state index is -1.40. The molecule has 0 saturated carbocycles. The van der Waals surface area contributed by atoms with Crippen molar-refractivity contribution < 1.29 is 29.9 Å². The Balaban J connectivity index is 2.04. The third-order valence-corrected chi connectivity index (χ3v) is 5.57. The lowest BCUT2D eigenvalue weighted by molar-refractivity contribution is 0.00578. The fourth-order valence-corrected chi connectivity index (χ4v) is 3.19. The van der Waals surface area contributed by atoms with Crippen molar-refractivity contribution in [3.8, 4) is 22.3 Å². The lowest BCUT2D eigenvalue weighted by Crippen LogP contribution is -2.41. The molecule has 1 aliphatic rings. The van der Waals surface area contributed by atoms with Crippen LogP contribution in [0.15, 0.2) is 90.6 Å². The zero-order chi connectivity index (χ0) is 34.7. The fourth-order valence-electron chi connectivity index (χ4n) is 3.19. The molecule has 0 radical (unpaired) electrons.